The van der Waals surface area contributed by atoms with E-state index in [1.165, 1.54) is 0 Å². The van der Waals surface area contributed by atoms with E-state index in [2.05, 4.69) is 5.32 Å². The number of aliphatic hydroxyl groups excluding tert-OH is 1. The monoisotopic (exact) mass is 315 g/mol. The number of aliphatic hydroxyl groups is 1. The second-order valence-corrected chi connectivity index (χ2v) is 5.43. The molecule has 3 rings (SSSR count). The fourth-order valence-electron chi connectivity index (χ4n) is 2.57. The third kappa shape index (κ3) is 2.40. The topological polar surface area (TPSA) is 66.4 Å². The Hall–Kier alpha value is -2.17. The van der Waals surface area contributed by atoms with Crippen LogP contribution in [0.15, 0.2) is 42.5 Å². The number of halogens is 1. The fourth-order valence-corrected chi connectivity index (χ4v) is 2.68. The summed E-state index contributed by atoms with van der Waals surface area (Å²) >= 11 is 5.57. The van der Waals surface area contributed by atoms with Gasteiger partial charge in [0.25, 0.3) is 0 Å². The lowest BCUT2D eigenvalue weighted by molar-refractivity contribution is 0.0979. The van der Waals surface area contributed by atoms with E-state index in [0.717, 1.165) is 0 Å². The molecule has 1 atom stereocenters. The third-order valence-corrected chi connectivity index (χ3v) is 4.01. The van der Waals surface area contributed by atoms with Crippen molar-refractivity contribution < 1.29 is 14.7 Å². The van der Waals surface area contributed by atoms with Crippen LogP contribution in [0, 0.1) is 0 Å². The van der Waals surface area contributed by atoms with E-state index in [-0.39, 0.29) is 24.0 Å². The minimum Gasteiger partial charge on any atom is -0.390 e. The highest BCUT2D eigenvalue weighted by Gasteiger charge is 2.31. The molecule has 1 unspecified atom stereocenters. The lowest BCUT2D eigenvalue weighted by Gasteiger charge is -2.21. The van der Waals surface area contributed by atoms with Crippen molar-refractivity contribution >= 4 is 28.9 Å². The standard InChI is InChI=1S/C17H14ClNO3/c18-8-10(20)9-19-14-7-3-6-13-15(14)17(22)12-5-2-1-4-11(12)16(13)21/h1-7,10,19-20H,8-9H2. The zero-order chi connectivity index (χ0) is 15.7. The Morgan fingerprint density at radius 3 is 2.27 bits per heavy atom. The van der Waals surface area contributed by atoms with Crippen LogP contribution in [0.4, 0.5) is 5.69 Å². The minimum atomic E-state index is -0.723. The van der Waals surface area contributed by atoms with Crippen LogP contribution in [0.1, 0.15) is 31.8 Å². The van der Waals surface area contributed by atoms with Crippen molar-refractivity contribution in [2.45, 2.75) is 6.10 Å². The molecule has 1 aliphatic carbocycles. The first kappa shape index (κ1) is 14.8. The Bertz CT molecular complexity index is 757. The molecule has 4 nitrogen and oxygen atoms in total. The average Bonchev–Trinajstić information content (AvgIpc) is 2.57. The van der Waals surface area contributed by atoms with Gasteiger partial charge in [-0.1, -0.05) is 36.4 Å². The maximum Gasteiger partial charge on any atom is 0.196 e. The molecule has 0 heterocycles. The molecule has 1 aliphatic rings. The van der Waals surface area contributed by atoms with Gasteiger partial charge in [-0.3, -0.25) is 9.59 Å². The number of carbonyl (C=O) groups is 2. The SMILES string of the molecule is O=C1c2ccccc2C(=O)c2c(NCC(O)CCl)cccc21. The molecule has 0 aliphatic heterocycles. The van der Waals surface area contributed by atoms with E-state index in [9.17, 15) is 14.7 Å². The van der Waals surface area contributed by atoms with Gasteiger partial charge in [-0.25, -0.2) is 0 Å². The molecule has 5 heteroatoms. The molecule has 112 valence electrons. The van der Waals surface area contributed by atoms with Crippen LogP contribution >= 0.6 is 11.6 Å². The molecular formula is C17H14ClNO3. The Labute approximate surface area is 132 Å². The molecule has 0 saturated heterocycles. The van der Waals surface area contributed by atoms with Crippen molar-refractivity contribution in [1.82, 2.24) is 0 Å². The van der Waals surface area contributed by atoms with Crippen molar-refractivity contribution in [3.8, 4) is 0 Å². The van der Waals surface area contributed by atoms with Gasteiger partial charge in [-0.15, -0.1) is 11.6 Å². The lowest BCUT2D eigenvalue weighted by atomic mass is 9.83. The highest BCUT2D eigenvalue weighted by atomic mass is 35.5. The summed E-state index contributed by atoms with van der Waals surface area (Å²) in [6.07, 6.45) is -0.723. The van der Waals surface area contributed by atoms with Crippen LogP contribution in [0.3, 0.4) is 0 Å². The maximum atomic E-state index is 12.7. The highest BCUT2D eigenvalue weighted by Crippen LogP contribution is 2.31. The molecule has 22 heavy (non-hydrogen) atoms. The van der Waals surface area contributed by atoms with Crippen LogP contribution < -0.4 is 5.32 Å². The number of anilines is 1. The van der Waals surface area contributed by atoms with Crippen LogP contribution in [-0.4, -0.2) is 35.2 Å². The predicted octanol–water partition coefficient (Wildman–Crippen LogP) is 2.47. The summed E-state index contributed by atoms with van der Waals surface area (Å²) in [4.78, 5) is 25.3. The number of benzene rings is 2. The maximum absolute atomic E-state index is 12.7. The summed E-state index contributed by atoms with van der Waals surface area (Å²) in [6.45, 7) is 0.211. The van der Waals surface area contributed by atoms with Crippen LogP contribution in [0.5, 0.6) is 0 Å². The van der Waals surface area contributed by atoms with E-state index >= 15 is 0 Å². The summed E-state index contributed by atoms with van der Waals surface area (Å²) in [5, 5.41) is 12.6. The van der Waals surface area contributed by atoms with Gasteiger partial charge in [-0.05, 0) is 6.07 Å². The largest absolute Gasteiger partial charge is 0.390 e. The van der Waals surface area contributed by atoms with Crippen LogP contribution in [0.25, 0.3) is 0 Å². The Kier molecular flexibility index (Phi) is 3.96. The second-order valence-electron chi connectivity index (χ2n) is 5.12. The number of alkyl halides is 1. The molecular weight excluding hydrogens is 302 g/mol. The van der Waals surface area contributed by atoms with Gasteiger partial charge >= 0.3 is 0 Å². The van der Waals surface area contributed by atoms with E-state index in [1.54, 1.807) is 42.5 Å². The van der Waals surface area contributed by atoms with Gasteiger partial charge in [0.1, 0.15) is 0 Å². The smallest absolute Gasteiger partial charge is 0.196 e. The number of hydrogen-bond donors (Lipinski definition) is 2. The molecule has 0 saturated carbocycles. The van der Waals surface area contributed by atoms with Gasteiger partial charge in [0.15, 0.2) is 11.6 Å². The molecule has 2 N–H and O–H groups in total. The molecule has 2 aromatic carbocycles. The number of fused-ring (bicyclic) bond motifs is 2. The van der Waals surface area contributed by atoms with Crippen molar-refractivity contribution in [3.63, 3.8) is 0 Å². The zero-order valence-corrected chi connectivity index (χ0v) is 12.4. The Morgan fingerprint density at radius 1 is 0.955 bits per heavy atom. The van der Waals surface area contributed by atoms with Gasteiger partial charge in [0.05, 0.1) is 17.5 Å². The molecule has 0 aromatic heterocycles. The van der Waals surface area contributed by atoms with Gasteiger partial charge in [-0.2, -0.15) is 0 Å². The summed E-state index contributed by atoms with van der Waals surface area (Å²) in [5.41, 5.74) is 2.11. The number of nitrogens with one attached hydrogen (secondary N) is 1. The molecule has 0 amide bonds. The van der Waals surface area contributed by atoms with E-state index in [4.69, 9.17) is 11.6 Å². The third-order valence-electron chi connectivity index (χ3n) is 3.66. The molecule has 2 aromatic rings. The molecule has 0 fully saturated rings. The van der Waals surface area contributed by atoms with Gasteiger partial charge in [0, 0.05) is 28.9 Å². The van der Waals surface area contributed by atoms with Crippen molar-refractivity contribution in [3.05, 3.63) is 64.7 Å². The normalized spacial score (nSPS) is 14.3. The van der Waals surface area contributed by atoms with Crippen LogP contribution in [0.2, 0.25) is 0 Å². The second kappa shape index (κ2) is 5.91. The first-order chi connectivity index (χ1) is 10.6. The van der Waals surface area contributed by atoms with E-state index in [1.807, 2.05) is 0 Å². The first-order valence-corrected chi connectivity index (χ1v) is 7.46. The Balaban J connectivity index is 2.05. The Morgan fingerprint density at radius 2 is 1.59 bits per heavy atom. The van der Waals surface area contributed by atoms with Gasteiger partial charge in [0.2, 0.25) is 0 Å². The average molecular weight is 316 g/mol. The van der Waals surface area contributed by atoms with Crippen molar-refractivity contribution in [1.29, 1.82) is 0 Å². The number of carbonyl (C=O) groups excluding carboxylic acids is 2. The van der Waals surface area contributed by atoms with E-state index in [0.29, 0.717) is 27.9 Å². The van der Waals surface area contributed by atoms with Crippen molar-refractivity contribution in [2.75, 3.05) is 17.7 Å². The summed E-state index contributed by atoms with van der Waals surface area (Å²) < 4.78 is 0. The number of ketones is 2. The zero-order valence-electron chi connectivity index (χ0n) is 11.7. The van der Waals surface area contributed by atoms with Crippen molar-refractivity contribution in [2.24, 2.45) is 0 Å². The van der Waals surface area contributed by atoms with E-state index < -0.39 is 6.10 Å². The number of rotatable bonds is 4. The predicted molar refractivity (Wildman–Crippen MR) is 85.0 cm³/mol. The first-order valence-electron chi connectivity index (χ1n) is 6.93. The highest BCUT2D eigenvalue weighted by molar-refractivity contribution is 6.30. The molecule has 0 spiro atoms. The lowest BCUT2D eigenvalue weighted by Crippen LogP contribution is -2.25. The minimum absolute atomic E-state index is 0.0950. The fraction of sp³-hybridized carbons (Fsp3) is 0.176. The summed E-state index contributed by atoms with van der Waals surface area (Å²) in [7, 11) is 0. The van der Waals surface area contributed by atoms with Gasteiger partial charge < -0.3 is 10.4 Å². The van der Waals surface area contributed by atoms with Crippen LogP contribution in [-0.2, 0) is 0 Å². The summed E-state index contributed by atoms with van der Waals surface area (Å²) in [5.74, 6) is -0.252. The molecule has 0 radical (unpaired) electrons. The molecule has 0 bridgehead atoms. The summed E-state index contributed by atoms with van der Waals surface area (Å²) in [6, 6.07) is 11.9. The number of hydrogen-bond acceptors (Lipinski definition) is 4. The quantitative estimate of drug-likeness (QED) is 0.726.